The minimum Gasteiger partial charge on any atom is -0.462 e. The summed E-state index contributed by atoms with van der Waals surface area (Å²) in [7, 11) is 0. The zero-order valence-electron chi connectivity index (χ0n) is 8.61. The molecule has 1 unspecified atom stereocenters. The van der Waals surface area contributed by atoms with Gasteiger partial charge in [-0.3, -0.25) is 0 Å². The van der Waals surface area contributed by atoms with Gasteiger partial charge in [-0.15, -0.1) is 0 Å². The number of rotatable bonds is 5. The van der Waals surface area contributed by atoms with Crippen LogP contribution in [0.1, 0.15) is 11.6 Å². The van der Waals surface area contributed by atoms with Crippen LogP contribution in [0.5, 0.6) is 0 Å². The Bertz CT molecular complexity index is 410. The predicted molar refractivity (Wildman–Crippen MR) is 59.5 cm³/mol. The number of ether oxygens (including phenoxy) is 1. The van der Waals surface area contributed by atoms with Crippen molar-refractivity contribution in [1.29, 1.82) is 0 Å². The van der Waals surface area contributed by atoms with E-state index in [1.165, 1.54) is 0 Å². The summed E-state index contributed by atoms with van der Waals surface area (Å²) in [5, 5.41) is 3.57. The van der Waals surface area contributed by atoms with Crippen LogP contribution in [0.3, 0.4) is 0 Å². The first-order valence-corrected chi connectivity index (χ1v) is 4.66. The first-order chi connectivity index (χ1) is 7.77. The number of nitrogens with zero attached hydrogens (tertiary/aromatic N) is 3. The van der Waals surface area contributed by atoms with E-state index in [1.54, 1.807) is 12.1 Å². The molecule has 0 saturated carbocycles. The number of hydrogen-bond acceptors (Lipinski definition) is 3. The molecule has 0 aliphatic heterocycles. The van der Waals surface area contributed by atoms with Gasteiger partial charge < -0.3 is 4.74 Å². The quantitative estimate of drug-likeness (QED) is 0.250. The van der Waals surface area contributed by atoms with Gasteiger partial charge in [0.05, 0.1) is 6.04 Å². The number of azide groups is 1. The zero-order valence-corrected chi connectivity index (χ0v) is 8.61. The molecule has 0 radical (unpaired) electrons. The van der Waals surface area contributed by atoms with Gasteiger partial charge in [0, 0.05) is 11.0 Å². The van der Waals surface area contributed by atoms with Crippen molar-refractivity contribution < 1.29 is 9.53 Å². The summed E-state index contributed by atoms with van der Waals surface area (Å²) in [4.78, 5) is 13.6. The molecule has 82 valence electrons. The van der Waals surface area contributed by atoms with Crippen molar-refractivity contribution in [1.82, 2.24) is 0 Å². The summed E-state index contributed by atoms with van der Waals surface area (Å²) in [6.07, 6.45) is 1.07. The Kier molecular flexibility index (Phi) is 4.63. The summed E-state index contributed by atoms with van der Waals surface area (Å²) in [5.41, 5.74) is 9.22. The Labute approximate surface area is 93.0 Å². The van der Waals surface area contributed by atoms with Gasteiger partial charge in [0.25, 0.3) is 0 Å². The van der Waals surface area contributed by atoms with Gasteiger partial charge in [0.2, 0.25) is 0 Å². The first-order valence-electron chi connectivity index (χ1n) is 4.66. The summed E-state index contributed by atoms with van der Waals surface area (Å²) in [5.74, 6) is -0.533. The highest BCUT2D eigenvalue weighted by Gasteiger charge is 2.10. The number of hydrogen-bond donors (Lipinski definition) is 0. The highest BCUT2D eigenvalue weighted by atomic mass is 16.5. The predicted octanol–water partition coefficient (Wildman–Crippen LogP) is 2.77. The third-order valence-corrected chi connectivity index (χ3v) is 1.93. The lowest BCUT2D eigenvalue weighted by Gasteiger charge is -2.10. The standard InChI is InChI=1S/C11H11N3O2/c1-2-11(15)16-8-10(13-14-12)9-6-4-3-5-7-9/h2-7,10H,1,8H2. The SMILES string of the molecule is C=CC(=O)OCC(N=[N+]=[N-])c1ccccc1. The minimum atomic E-state index is -0.533. The topological polar surface area (TPSA) is 75.1 Å². The van der Waals surface area contributed by atoms with Gasteiger partial charge in [-0.2, -0.15) is 0 Å². The fourth-order valence-electron chi connectivity index (χ4n) is 1.15. The van der Waals surface area contributed by atoms with Crippen LogP contribution < -0.4 is 0 Å². The molecule has 5 nitrogen and oxygen atoms in total. The van der Waals surface area contributed by atoms with Gasteiger partial charge >= 0.3 is 5.97 Å². The van der Waals surface area contributed by atoms with E-state index >= 15 is 0 Å². The highest BCUT2D eigenvalue weighted by Crippen LogP contribution is 2.17. The lowest BCUT2D eigenvalue weighted by Crippen LogP contribution is -2.09. The highest BCUT2D eigenvalue weighted by molar-refractivity contribution is 5.81. The molecule has 0 aliphatic rings. The second-order valence-corrected chi connectivity index (χ2v) is 2.97. The lowest BCUT2D eigenvalue weighted by molar-refractivity contribution is -0.138. The minimum absolute atomic E-state index is 0.0128. The van der Waals surface area contributed by atoms with E-state index in [0.29, 0.717) is 0 Å². The molecule has 0 heterocycles. The van der Waals surface area contributed by atoms with E-state index in [2.05, 4.69) is 16.6 Å². The van der Waals surface area contributed by atoms with Crippen LogP contribution in [0.4, 0.5) is 0 Å². The van der Waals surface area contributed by atoms with Gasteiger partial charge in [0.1, 0.15) is 6.61 Å². The van der Waals surface area contributed by atoms with Crippen LogP contribution >= 0.6 is 0 Å². The van der Waals surface area contributed by atoms with E-state index in [9.17, 15) is 4.79 Å². The second kappa shape index (κ2) is 6.27. The number of benzene rings is 1. The normalized spacial score (nSPS) is 11.0. The second-order valence-electron chi connectivity index (χ2n) is 2.97. The van der Waals surface area contributed by atoms with Crippen molar-refractivity contribution in [2.45, 2.75) is 6.04 Å². The molecule has 0 N–H and O–H groups in total. The molecule has 0 saturated heterocycles. The van der Waals surface area contributed by atoms with E-state index in [-0.39, 0.29) is 6.61 Å². The van der Waals surface area contributed by atoms with Crippen molar-refractivity contribution in [3.63, 3.8) is 0 Å². The Morgan fingerprint density at radius 1 is 1.56 bits per heavy atom. The summed E-state index contributed by atoms with van der Waals surface area (Å²) >= 11 is 0. The molecule has 5 heteroatoms. The van der Waals surface area contributed by atoms with Gasteiger partial charge in [0.15, 0.2) is 0 Å². The first kappa shape index (κ1) is 11.8. The van der Waals surface area contributed by atoms with Crippen LogP contribution in [-0.2, 0) is 9.53 Å². The molecular formula is C11H11N3O2. The Hall–Kier alpha value is -2.26. The van der Waals surface area contributed by atoms with Crippen molar-refractivity contribution in [3.8, 4) is 0 Å². The molecule has 1 aromatic rings. The average Bonchev–Trinajstić information content (AvgIpc) is 2.35. The van der Waals surface area contributed by atoms with Crippen LogP contribution in [0.25, 0.3) is 10.4 Å². The molecule has 16 heavy (non-hydrogen) atoms. The molecule has 1 atom stereocenters. The molecular weight excluding hydrogens is 206 g/mol. The molecule has 0 amide bonds. The third-order valence-electron chi connectivity index (χ3n) is 1.93. The fraction of sp³-hybridized carbons (Fsp3) is 0.182. The zero-order chi connectivity index (χ0) is 11.8. The van der Waals surface area contributed by atoms with E-state index in [0.717, 1.165) is 11.6 Å². The fourth-order valence-corrected chi connectivity index (χ4v) is 1.15. The number of esters is 1. The number of carbonyl (C=O) groups excluding carboxylic acids is 1. The largest absolute Gasteiger partial charge is 0.462 e. The van der Waals surface area contributed by atoms with Crippen molar-refractivity contribution in [2.75, 3.05) is 6.61 Å². The van der Waals surface area contributed by atoms with E-state index < -0.39 is 12.0 Å². The average molecular weight is 217 g/mol. The Balaban J connectivity index is 2.72. The number of carbonyl (C=O) groups is 1. The maximum Gasteiger partial charge on any atom is 0.330 e. The maximum atomic E-state index is 10.9. The summed E-state index contributed by atoms with van der Waals surface area (Å²) in [6.45, 7) is 3.29. The molecule has 0 spiro atoms. The van der Waals surface area contributed by atoms with Crippen molar-refractivity contribution >= 4 is 5.97 Å². The van der Waals surface area contributed by atoms with Crippen molar-refractivity contribution in [2.24, 2.45) is 5.11 Å². The van der Waals surface area contributed by atoms with E-state index in [4.69, 9.17) is 10.3 Å². The lowest BCUT2D eigenvalue weighted by atomic mass is 10.1. The van der Waals surface area contributed by atoms with Crippen molar-refractivity contribution in [3.05, 3.63) is 59.0 Å². The van der Waals surface area contributed by atoms with Crippen LogP contribution in [0.15, 0.2) is 48.1 Å². The molecule has 1 rings (SSSR count). The molecule has 0 bridgehead atoms. The maximum absolute atomic E-state index is 10.9. The molecule has 0 aliphatic carbocycles. The smallest absolute Gasteiger partial charge is 0.330 e. The molecule has 0 fully saturated rings. The summed E-state index contributed by atoms with van der Waals surface area (Å²) in [6, 6.07) is 8.61. The molecule has 1 aromatic carbocycles. The van der Waals surface area contributed by atoms with Gasteiger partial charge in [-0.05, 0) is 11.1 Å². The Morgan fingerprint density at radius 3 is 2.81 bits per heavy atom. The third kappa shape index (κ3) is 3.48. The van der Waals surface area contributed by atoms with Crippen LogP contribution in [-0.4, -0.2) is 12.6 Å². The van der Waals surface area contributed by atoms with E-state index in [1.807, 2.05) is 18.2 Å². The summed E-state index contributed by atoms with van der Waals surface area (Å²) < 4.78 is 4.84. The van der Waals surface area contributed by atoms with Gasteiger partial charge in [-0.25, -0.2) is 4.79 Å². The Morgan fingerprint density at radius 2 is 2.25 bits per heavy atom. The molecule has 0 aromatic heterocycles. The monoisotopic (exact) mass is 217 g/mol. The van der Waals surface area contributed by atoms with Crippen LogP contribution in [0, 0.1) is 0 Å². The van der Waals surface area contributed by atoms with Gasteiger partial charge in [-0.1, -0.05) is 42.0 Å². The van der Waals surface area contributed by atoms with Crippen LogP contribution in [0.2, 0.25) is 0 Å².